The first-order valence-corrected chi connectivity index (χ1v) is 6.69. The summed E-state index contributed by atoms with van der Waals surface area (Å²) in [5.41, 5.74) is 1.92. The highest BCUT2D eigenvalue weighted by atomic mass is 16.5. The molecule has 0 aromatic carbocycles. The molecule has 0 radical (unpaired) electrons. The normalized spacial score (nSPS) is 19.9. The Labute approximate surface area is 117 Å². The van der Waals surface area contributed by atoms with Crippen LogP contribution in [-0.4, -0.2) is 44.5 Å². The van der Waals surface area contributed by atoms with E-state index in [0.717, 1.165) is 36.8 Å². The van der Waals surface area contributed by atoms with Crippen molar-refractivity contribution in [3.8, 4) is 0 Å². The Bertz CT molecular complexity index is 563. The lowest BCUT2D eigenvalue weighted by Crippen LogP contribution is -2.38. The Morgan fingerprint density at radius 1 is 1.30 bits per heavy atom. The zero-order valence-electron chi connectivity index (χ0n) is 11.4. The number of aromatic nitrogens is 4. The molecule has 104 valence electrons. The maximum Gasteiger partial charge on any atom is 0.125 e. The smallest absolute Gasteiger partial charge is 0.125 e. The summed E-state index contributed by atoms with van der Waals surface area (Å²) in [7, 11) is 0. The number of nitrogens with zero attached hydrogens (tertiary/aromatic N) is 5. The Morgan fingerprint density at radius 3 is 3.05 bits per heavy atom. The van der Waals surface area contributed by atoms with Gasteiger partial charge in [-0.05, 0) is 13.0 Å². The summed E-state index contributed by atoms with van der Waals surface area (Å²) in [5.74, 6) is 0.807. The molecule has 0 unspecified atom stereocenters. The summed E-state index contributed by atoms with van der Waals surface area (Å²) in [6.45, 7) is 5.13. The van der Waals surface area contributed by atoms with Crippen molar-refractivity contribution in [2.75, 3.05) is 19.7 Å². The predicted molar refractivity (Wildman–Crippen MR) is 72.8 cm³/mol. The van der Waals surface area contributed by atoms with Gasteiger partial charge < -0.3 is 4.74 Å². The highest BCUT2D eigenvalue weighted by Gasteiger charge is 2.23. The first-order valence-electron chi connectivity index (χ1n) is 6.69. The minimum Gasteiger partial charge on any atom is -0.369 e. The molecular weight excluding hydrogens is 254 g/mol. The van der Waals surface area contributed by atoms with Crippen LogP contribution in [0.3, 0.4) is 0 Å². The zero-order chi connectivity index (χ0) is 13.8. The van der Waals surface area contributed by atoms with Gasteiger partial charge in [-0.2, -0.15) is 0 Å². The van der Waals surface area contributed by atoms with Crippen molar-refractivity contribution in [1.82, 2.24) is 24.8 Å². The molecule has 2 aromatic rings. The van der Waals surface area contributed by atoms with Gasteiger partial charge in [-0.15, -0.1) is 0 Å². The summed E-state index contributed by atoms with van der Waals surface area (Å²) in [4.78, 5) is 19.3. The monoisotopic (exact) mass is 271 g/mol. The van der Waals surface area contributed by atoms with Crippen molar-refractivity contribution in [2.45, 2.75) is 19.6 Å². The van der Waals surface area contributed by atoms with Crippen LogP contribution in [-0.2, 0) is 11.3 Å². The fraction of sp³-hybridized carbons (Fsp3) is 0.429. The third-order valence-corrected chi connectivity index (χ3v) is 3.28. The van der Waals surface area contributed by atoms with Crippen LogP contribution in [0.2, 0.25) is 0 Å². The van der Waals surface area contributed by atoms with E-state index < -0.39 is 0 Å². The lowest BCUT2D eigenvalue weighted by atomic mass is 10.2. The van der Waals surface area contributed by atoms with Gasteiger partial charge in [-0.1, -0.05) is 0 Å². The predicted octanol–water partition coefficient (Wildman–Crippen LogP) is 1.15. The van der Waals surface area contributed by atoms with Crippen molar-refractivity contribution in [2.24, 2.45) is 0 Å². The highest BCUT2D eigenvalue weighted by Crippen LogP contribution is 2.20. The van der Waals surface area contributed by atoms with Crippen LogP contribution in [0.4, 0.5) is 0 Å². The minimum absolute atomic E-state index is 0.0135. The van der Waals surface area contributed by atoms with Crippen LogP contribution in [0.5, 0.6) is 0 Å². The van der Waals surface area contributed by atoms with Crippen molar-refractivity contribution >= 4 is 0 Å². The van der Waals surface area contributed by atoms with E-state index >= 15 is 0 Å². The number of morpholine rings is 1. The van der Waals surface area contributed by atoms with Crippen LogP contribution in [0.15, 0.2) is 30.9 Å². The van der Waals surface area contributed by atoms with E-state index in [4.69, 9.17) is 4.74 Å². The number of ether oxygens (including phenoxy) is 1. The van der Waals surface area contributed by atoms with E-state index in [1.807, 2.05) is 13.0 Å². The van der Waals surface area contributed by atoms with E-state index in [9.17, 15) is 0 Å². The minimum atomic E-state index is -0.0135. The topological polar surface area (TPSA) is 64.0 Å². The maximum absolute atomic E-state index is 5.78. The summed E-state index contributed by atoms with van der Waals surface area (Å²) in [6.07, 6.45) is 6.93. The lowest BCUT2D eigenvalue weighted by molar-refractivity contribution is -0.0355. The van der Waals surface area contributed by atoms with Gasteiger partial charge in [0, 0.05) is 38.2 Å². The summed E-state index contributed by atoms with van der Waals surface area (Å²) in [5, 5.41) is 0. The van der Waals surface area contributed by atoms with Crippen LogP contribution < -0.4 is 0 Å². The van der Waals surface area contributed by atoms with Crippen LogP contribution >= 0.6 is 0 Å². The van der Waals surface area contributed by atoms with Crippen molar-refractivity contribution < 1.29 is 4.74 Å². The summed E-state index contributed by atoms with van der Waals surface area (Å²) < 4.78 is 5.78. The van der Waals surface area contributed by atoms with Crippen LogP contribution in [0.1, 0.15) is 23.3 Å². The molecule has 3 rings (SSSR count). The summed E-state index contributed by atoms with van der Waals surface area (Å²) in [6, 6.07) is 1.96. The molecule has 3 heterocycles. The molecule has 0 aliphatic carbocycles. The third-order valence-electron chi connectivity index (χ3n) is 3.28. The number of rotatable bonds is 3. The number of hydrogen-bond acceptors (Lipinski definition) is 6. The fourth-order valence-electron chi connectivity index (χ4n) is 2.32. The lowest BCUT2D eigenvalue weighted by Gasteiger charge is -2.32. The molecule has 0 bridgehead atoms. The third kappa shape index (κ3) is 3.15. The molecule has 1 aliphatic rings. The highest BCUT2D eigenvalue weighted by molar-refractivity contribution is 5.04. The second-order valence-electron chi connectivity index (χ2n) is 4.82. The molecule has 6 nitrogen and oxygen atoms in total. The number of aryl methyl sites for hydroxylation is 1. The van der Waals surface area contributed by atoms with E-state index in [2.05, 4.69) is 24.8 Å². The Hall–Kier alpha value is -1.92. The quantitative estimate of drug-likeness (QED) is 0.834. The molecule has 0 spiro atoms. The van der Waals surface area contributed by atoms with Crippen molar-refractivity contribution in [3.05, 3.63) is 48.1 Å². The molecule has 1 atom stereocenters. The van der Waals surface area contributed by atoms with Crippen LogP contribution in [0.25, 0.3) is 0 Å². The first kappa shape index (κ1) is 13.1. The van der Waals surface area contributed by atoms with Gasteiger partial charge in [0.15, 0.2) is 0 Å². The van der Waals surface area contributed by atoms with Gasteiger partial charge in [0.1, 0.15) is 11.9 Å². The fourth-order valence-corrected chi connectivity index (χ4v) is 2.32. The number of hydrogen-bond donors (Lipinski definition) is 0. The van der Waals surface area contributed by atoms with E-state index in [1.54, 1.807) is 24.8 Å². The Kier molecular flexibility index (Phi) is 3.94. The summed E-state index contributed by atoms with van der Waals surface area (Å²) >= 11 is 0. The van der Waals surface area contributed by atoms with Gasteiger partial charge in [-0.25, -0.2) is 9.97 Å². The molecule has 2 aromatic heterocycles. The molecule has 0 amide bonds. The van der Waals surface area contributed by atoms with E-state index in [1.165, 1.54) is 0 Å². The molecule has 0 N–H and O–H groups in total. The second kappa shape index (κ2) is 6.02. The second-order valence-corrected chi connectivity index (χ2v) is 4.82. The van der Waals surface area contributed by atoms with E-state index in [0.29, 0.717) is 6.61 Å². The standard InChI is InChI=1S/C14H17N5O/c1-11-16-3-2-12(18-11)9-19-6-7-20-14(10-19)13-8-15-4-5-17-13/h2-5,8,14H,6-7,9-10H2,1H3/t14-/m1/s1. The average molecular weight is 271 g/mol. The Balaban J connectivity index is 1.66. The van der Waals surface area contributed by atoms with Crippen molar-refractivity contribution in [1.29, 1.82) is 0 Å². The van der Waals surface area contributed by atoms with Gasteiger partial charge in [0.05, 0.1) is 24.2 Å². The molecule has 1 aliphatic heterocycles. The Morgan fingerprint density at radius 2 is 2.25 bits per heavy atom. The van der Waals surface area contributed by atoms with E-state index in [-0.39, 0.29) is 6.10 Å². The first-order chi connectivity index (χ1) is 9.81. The maximum atomic E-state index is 5.78. The largest absolute Gasteiger partial charge is 0.369 e. The molecule has 0 saturated carbocycles. The zero-order valence-corrected chi connectivity index (χ0v) is 11.4. The van der Waals surface area contributed by atoms with Gasteiger partial charge in [0.25, 0.3) is 0 Å². The average Bonchev–Trinajstić information content (AvgIpc) is 2.48. The van der Waals surface area contributed by atoms with Gasteiger partial charge in [-0.3, -0.25) is 14.9 Å². The van der Waals surface area contributed by atoms with Gasteiger partial charge in [0.2, 0.25) is 0 Å². The molecular formula is C14H17N5O. The SMILES string of the molecule is Cc1nccc(CN2CCO[C@@H](c3cnccn3)C2)n1. The van der Waals surface area contributed by atoms with Gasteiger partial charge >= 0.3 is 0 Å². The molecule has 1 fully saturated rings. The molecule has 1 saturated heterocycles. The van der Waals surface area contributed by atoms with Crippen molar-refractivity contribution in [3.63, 3.8) is 0 Å². The molecule has 20 heavy (non-hydrogen) atoms. The molecule has 6 heteroatoms. The van der Waals surface area contributed by atoms with Crippen LogP contribution in [0, 0.1) is 6.92 Å².